The van der Waals surface area contributed by atoms with Crippen LogP contribution in [-0.2, 0) is 16.1 Å². The second-order valence-electron chi connectivity index (χ2n) is 12.5. The summed E-state index contributed by atoms with van der Waals surface area (Å²) in [5.74, 6) is 1.98. The zero-order valence-corrected chi connectivity index (χ0v) is 22.3. The predicted octanol–water partition coefficient (Wildman–Crippen LogP) is 5.52. The molecule has 4 aliphatic rings. The molecule has 4 aliphatic carbocycles. The highest BCUT2D eigenvalue weighted by molar-refractivity contribution is 5.96. The molecule has 0 spiro atoms. The van der Waals surface area contributed by atoms with Gasteiger partial charge in [-0.3, -0.25) is 4.79 Å². The number of carbonyl (C=O) groups excluding carboxylic acids is 1. The molecule has 1 amide bonds. The fourth-order valence-corrected chi connectivity index (χ4v) is 8.45. The van der Waals surface area contributed by atoms with Crippen LogP contribution in [0.15, 0.2) is 47.1 Å². The number of rotatable bonds is 6. The Morgan fingerprint density at radius 1 is 1.14 bits per heavy atom. The van der Waals surface area contributed by atoms with E-state index in [4.69, 9.17) is 4.84 Å². The molecule has 0 radical (unpaired) electrons. The number of amides is 1. The molecule has 3 saturated carbocycles. The van der Waals surface area contributed by atoms with Crippen molar-refractivity contribution in [2.75, 3.05) is 13.2 Å². The smallest absolute Gasteiger partial charge is 0.260 e. The van der Waals surface area contributed by atoms with E-state index in [1.54, 1.807) is 0 Å². The van der Waals surface area contributed by atoms with E-state index >= 15 is 0 Å². The van der Waals surface area contributed by atoms with Gasteiger partial charge < -0.3 is 20.2 Å². The Kier molecular flexibility index (Phi) is 6.42. The fraction of sp³-hybridized carbons (Fsp3) is 0.613. The number of para-hydroxylation sites is 1. The summed E-state index contributed by atoms with van der Waals surface area (Å²) in [5, 5.41) is 19.2. The van der Waals surface area contributed by atoms with E-state index in [0.29, 0.717) is 18.4 Å². The maximum Gasteiger partial charge on any atom is 0.260 e. The van der Waals surface area contributed by atoms with E-state index < -0.39 is 0 Å². The van der Waals surface area contributed by atoms with Crippen LogP contribution < -0.4 is 5.32 Å². The van der Waals surface area contributed by atoms with Crippen LogP contribution in [-0.4, -0.2) is 41.0 Å². The average molecular weight is 504 g/mol. The van der Waals surface area contributed by atoms with E-state index in [-0.39, 0.29) is 29.4 Å². The minimum atomic E-state index is -0.140. The monoisotopic (exact) mass is 503 g/mol. The van der Waals surface area contributed by atoms with Gasteiger partial charge in [0.2, 0.25) is 0 Å². The number of allylic oxidation sites excluding steroid dienone is 2. The van der Waals surface area contributed by atoms with Crippen LogP contribution in [0.3, 0.4) is 0 Å². The number of nitrogens with one attached hydrogen (secondary N) is 2. The predicted molar refractivity (Wildman–Crippen MR) is 146 cm³/mol. The molecule has 37 heavy (non-hydrogen) atoms. The zero-order chi connectivity index (χ0) is 25.6. The van der Waals surface area contributed by atoms with Crippen molar-refractivity contribution in [1.29, 1.82) is 0 Å². The summed E-state index contributed by atoms with van der Waals surface area (Å²) in [6.07, 6.45) is 11.8. The van der Waals surface area contributed by atoms with Gasteiger partial charge in [0.1, 0.15) is 0 Å². The van der Waals surface area contributed by atoms with Crippen molar-refractivity contribution in [3.63, 3.8) is 0 Å². The molecule has 0 bridgehead atoms. The Labute approximate surface area is 219 Å². The van der Waals surface area contributed by atoms with E-state index in [1.165, 1.54) is 30.2 Å². The third-order valence-electron chi connectivity index (χ3n) is 10.6. The normalized spacial score (nSPS) is 36.0. The fourth-order valence-electron chi connectivity index (χ4n) is 8.45. The van der Waals surface area contributed by atoms with Crippen molar-refractivity contribution in [3.05, 3.63) is 47.7 Å². The Morgan fingerprint density at radius 2 is 2.00 bits per heavy atom. The molecule has 6 nitrogen and oxygen atoms in total. The summed E-state index contributed by atoms with van der Waals surface area (Å²) in [5.41, 5.74) is 5.08. The lowest BCUT2D eigenvalue weighted by molar-refractivity contribution is -0.125. The van der Waals surface area contributed by atoms with Crippen molar-refractivity contribution in [2.24, 2.45) is 33.7 Å². The second kappa shape index (κ2) is 9.61. The first-order chi connectivity index (χ1) is 17.9. The second-order valence-corrected chi connectivity index (χ2v) is 12.5. The van der Waals surface area contributed by atoms with Crippen molar-refractivity contribution in [1.82, 2.24) is 10.3 Å². The number of hydrogen-bond acceptors (Lipinski definition) is 4. The first kappa shape index (κ1) is 24.7. The highest BCUT2D eigenvalue weighted by atomic mass is 16.6. The van der Waals surface area contributed by atoms with Gasteiger partial charge in [-0.2, -0.15) is 0 Å². The van der Waals surface area contributed by atoms with Crippen LogP contribution in [0, 0.1) is 28.6 Å². The maximum atomic E-state index is 12.3. The molecule has 1 aromatic carbocycles. The number of H-pyrrole nitrogens is 1. The highest BCUT2D eigenvalue weighted by Gasteiger charge is 2.58. The number of aromatic nitrogens is 1. The van der Waals surface area contributed by atoms with E-state index in [9.17, 15) is 9.90 Å². The van der Waals surface area contributed by atoms with Crippen LogP contribution >= 0.6 is 0 Å². The Bertz CT molecular complexity index is 1200. The Morgan fingerprint density at radius 3 is 2.86 bits per heavy atom. The molecular weight excluding hydrogens is 462 g/mol. The van der Waals surface area contributed by atoms with E-state index in [0.717, 1.165) is 61.4 Å². The average Bonchev–Trinajstić information content (AvgIpc) is 3.44. The summed E-state index contributed by atoms with van der Waals surface area (Å²) in [6.45, 7) is 5.33. The summed E-state index contributed by atoms with van der Waals surface area (Å²) in [7, 11) is 0. The van der Waals surface area contributed by atoms with Gasteiger partial charge >= 0.3 is 0 Å². The van der Waals surface area contributed by atoms with Gasteiger partial charge in [-0.25, -0.2) is 0 Å². The molecule has 3 N–H and O–H groups in total. The molecule has 0 unspecified atom stereocenters. The van der Waals surface area contributed by atoms with Crippen molar-refractivity contribution in [3.8, 4) is 0 Å². The standard InChI is InChI=1S/C31H41N3O3/c1-30-14-11-23(18-21(30)7-8-24-25-9-10-28(35)31(25,2)15-12-26(24)30)34-37-19-29(36)32-16-13-22-17-20-5-3-4-6-27(20)33-22/h3-6,17-18,24-26,28,33,35H,7-16,19H2,1-2H3,(H,32,36)/t24-,25+,26-,28-,30+,31+/m1/s1. The number of benzene rings is 1. The topological polar surface area (TPSA) is 86.7 Å². The number of aliphatic hydroxyl groups is 1. The Hall–Kier alpha value is -2.60. The van der Waals surface area contributed by atoms with Gasteiger partial charge in [0, 0.05) is 24.2 Å². The number of hydrogen-bond donors (Lipinski definition) is 3. The molecule has 0 saturated heterocycles. The number of fused-ring (bicyclic) bond motifs is 6. The minimum absolute atomic E-state index is 0.0517. The first-order valence-corrected chi connectivity index (χ1v) is 14.3. The molecule has 6 heteroatoms. The third kappa shape index (κ3) is 4.41. The summed E-state index contributed by atoms with van der Waals surface area (Å²) >= 11 is 0. The summed E-state index contributed by atoms with van der Waals surface area (Å²) < 4.78 is 0. The van der Waals surface area contributed by atoms with Gasteiger partial charge in [-0.15, -0.1) is 0 Å². The van der Waals surface area contributed by atoms with Crippen LogP contribution in [0.2, 0.25) is 0 Å². The molecule has 1 heterocycles. The lowest BCUT2D eigenvalue weighted by Gasteiger charge is -2.57. The molecule has 6 rings (SSSR count). The van der Waals surface area contributed by atoms with E-state index in [2.05, 4.69) is 53.6 Å². The number of oxime groups is 1. The van der Waals surface area contributed by atoms with Crippen LogP contribution in [0.4, 0.5) is 0 Å². The van der Waals surface area contributed by atoms with Crippen molar-refractivity contribution in [2.45, 2.75) is 77.7 Å². The molecule has 6 atom stereocenters. The molecule has 3 fully saturated rings. The number of aromatic amines is 1. The molecule has 198 valence electrons. The third-order valence-corrected chi connectivity index (χ3v) is 10.6. The number of aliphatic hydroxyl groups excluding tert-OH is 1. The van der Waals surface area contributed by atoms with Gasteiger partial charge in [-0.1, -0.05) is 42.8 Å². The minimum Gasteiger partial charge on any atom is -0.393 e. The van der Waals surface area contributed by atoms with Gasteiger partial charge in [0.05, 0.1) is 11.8 Å². The largest absolute Gasteiger partial charge is 0.393 e. The summed E-state index contributed by atoms with van der Waals surface area (Å²) in [6, 6.07) is 10.3. The Balaban J connectivity index is 1.01. The molecule has 0 aliphatic heterocycles. The van der Waals surface area contributed by atoms with Gasteiger partial charge in [-0.05, 0) is 104 Å². The van der Waals surface area contributed by atoms with Crippen LogP contribution in [0.25, 0.3) is 10.9 Å². The number of carbonyl (C=O) groups is 1. The maximum absolute atomic E-state index is 12.3. The zero-order valence-electron chi connectivity index (χ0n) is 22.3. The molecular formula is C31H41N3O3. The quantitative estimate of drug-likeness (QED) is 0.454. The van der Waals surface area contributed by atoms with Crippen LogP contribution in [0.5, 0.6) is 0 Å². The van der Waals surface area contributed by atoms with Gasteiger partial charge in [0.15, 0.2) is 6.61 Å². The van der Waals surface area contributed by atoms with Crippen molar-refractivity contribution < 1.29 is 14.7 Å². The molecule has 2 aromatic rings. The van der Waals surface area contributed by atoms with Crippen molar-refractivity contribution >= 4 is 22.5 Å². The van der Waals surface area contributed by atoms with Crippen LogP contribution in [0.1, 0.15) is 70.9 Å². The SMILES string of the molecule is C[C@]12CC[C@@H]3[C@H](CCC4=CC(=NOCC(=O)NCCc5cc6ccccc6[nH]5)CC[C@@]43C)[C@@H]1CC[C@H]2O. The lowest BCUT2D eigenvalue weighted by Crippen LogP contribution is -2.51. The summed E-state index contributed by atoms with van der Waals surface area (Å²) in [4.78, 5) is 21.1. The molecule has 1 aromatic heterocycles. The highest BCUT2D eigenvalue weighted by Crippen LogP contribution is 2.65. The first-order valence-electron chi connectivity index (χ1n) is 14.3. The lowest BCUT2D eigenvalue weighted by atomic mass is 9.47. The van der Waals surface area contributed by atoms with Gasteiger partial charge in [0.25, 0.3) is 5.91 Å². The van der Waals surface area contributed by atoms with E-state index in [1.807, 2.05) is 12.1 Å². The number of nitrogens with zero attached hydrogens (tertiary/aromatic N) is 1.